The summed E-state index contributed by atoms with van der Waals surface area (Å²) in [5.41, 5.74) is 7.16. The van der Waals surface area contributed by atoms with Gasteiger partial charge in [0.15, 0.2) is 0 Å². The molecule has 0 fully saturated rings. The first-order valence-electron chi connectivity index (χ1n) is 7.18. The van der Waals surface area contributed by atoms with E-state index in [4.69, 9.17) is 0 Å². The van der Waals surface area contributed by atoms with Gasteiger partial charge in [-0.05, 0) is 59.1 Å². The van der Waals surface area contributed by atoms with Gasteiger partial charge in [-0.3, -0.25) is 0 Å². The number of nitrogens with one attached hydrogen (secondary N) is 1. The van der Waals surface area contributed by atoms with E-state index in [0.29, 0.717) is 5.54 Å². The van der Waals surface area contributed by atoms with E-state index in [9.17, 15) is 0 Å². The summed E-state index contributed by atoms with van der Waals surface area (Å²) in [5, 5.41) is 0. The molecule has 0 aromatic rings. The molecule has 1 aliphatic carbocycles. The summed E-state index contributed by atoms with van der Waals surface area (Å²) >= 11 is 0. The van der Waals surface area contributed by atoms with Gasteiger partial charge in [-0.25, -0.2) is 0 Å². The molecule has 1 nitrogen and oxygen atoms in total. The molecule has 0 saturated carbocycles. The van der Waals surface area contributed by atoms with Crippen molar-refractivity contribution in [3.05, 3.63) is 22.3 Å². The fraction of sp³-hybridized carbons (Fsp3) is 0.750. The second-order valence-electron chi connectivity index (χ2n) is 7.13. The quantitative estimate of drug-likeness (QED) is 0.703. The molecule has 0 aliphatic heterocycles. The Morgan fingerprint density at radius 3 is 1.72 bits per heavy atom. The molecule has 0 amide bonds. The molecule has 0 bridgehead atoms. The number of allylic oxidation sites excluding steroid dienone is 4. The van der Waals surface area contributed by atoms with E-state index >= 15 is 0 Å². The Bertz CT molecular complexity index is 375. The molecule has 0 radical (unpaired) electrons. The highest BCUT2D eigenvalue weighted by Crippen LogP contribution is 2.46. The second-order valence-corrected chi connectivity index (χ2v) is 11.4. The van der Waals surface area contributed by atoms with E-state index in [1.54, 1.807) is 11.1 Å². The Morgan fingerprint density at radius 1 is 1.00 bits per heavy atom. The predicted molar refractivity (Wildman–Crippen MR) is 85.5 cm³/mol. The smallest absolute Gasteiger partial charge is 0.131 e. The van der Waals surface area contributed by atoms with E-state index in [1.807, 2.05) is 0 Å². The van der Waals surface area contributed by atoms with E-state index in [1.165, 1.54) is 17.6 Å². The standard InChI is InChI=1S/C16H31NSi/c1-10-16(6,7)17-18(8,9)15-13(4)11(2)12(3)14(15)5/h15,17H,10H2,1-9H3. The molecule has 0 atom stereocenters. The van der Waals surface area contributed by atoms with Crippen LogP contribution in [0.2, 0.25) is 18.6 Å². The largest absolute Gasteiger partial charge is 0.332 e. The summed E-state index contributed by atoms with van der Waals surface area (Å²) in [6, 6.07) is 0. The summed E-state index contributed by atoms with van der Waals surface area (Å²) in [6.07, 6.45) is 1.18. The molecule has 1 N–H and O–H groups in total. The predicted octanol–water partition coefficient (Wildman–Crippen LogP) is 5.03. The lowest BCUT2D eigenvalue weighted by Crippen LogP contribution is -2.58. The number of rotatable bonds is 4. The molecule has 0 aromatic heterocycles. The van der Waals surface area contributed by atoms with E-state index in [-0.39, 0.29) is 5.54 Å². The van der Waals surface area contributed by atoms with Crippen LogP contribution in [0.25, 0.3) is 0 Å². The minimum Gasteiger partial charge on any atom is -0.332 e. The summed E-state index contributed by atoms with van der Waals surface area (Å²) in [5.74, 6) is 0. The van der Waals surface area contributed by atoms with Gasteiger partial charge in [0.2, 0.25) is 0 Å². The zero-order valence-electron chi connectivity index (χ0n) is 13.8. The van der Waals surface area contributed by atoms with Gasteiger partial charge in [-0.1, -0.05) is 31.2 Å². The monoisotopic (exact) mass is 265 g/mol. The van der Waals surface area contributed by atoms with Crippen LogP contribution < -0.4 is 4.98 Å². The van der Waals surface area contributed by atoms with Crippen LogP contribution in [0, 0.1) is 0 Å². The topological polar surface area (TPSA) is 12.0 Å². The highest BCUT2D eigenvalue weighted by molar-refractivity contribution is 6.78. The van der Waals surface area contributed by atoms with E-state index < -0.39 is 8.24 Å². The van der Waals surface area contributed by atoms with Gasteiger partial charge in [0.25, 0.3) is 0 Å². The average Bonchev–Trinajstić information content (AvgIpc) is 2.42. The van der Waals surface area contributed by atoms with Crippen LogP contribution >= 0.6 is 0 Å². The highest BCUT2D eigenvalue weighted by Gasteiger charge is 2.41. The van der Waals surface area contributed by atoms with Crippen molar-refractivity contribution < 1.29 is 0 Å². The van der Waals surface area contributed by atoms with Gasteiger partial charge >= 0.3 is 0 Å². The molecule has 2 heteroatoms. The third-order valence-electron chi connectivity index (χ3n) is 4.88. The molecule has 104 valence electrons. The molecule has 1 rings (SSSR count). The maximum absolute atomic E-state index is 4.00. The van der Waals surface area contributed by atoms with Gasteiger partial charge in [0, 0.05) is 11.1 Å². The van der Waals surface area contributed by atoms with Crippen LogP contribution in [0.5, 0.6) is 0 Å². The average molecular weight is 266 g/mol. The maximum atomic E-state index is 4.00. The van der Waals surface area contributed by atoms with Crippen LogP contribution in [0.15, 0.2) is 22.3 Å². The van der Waals surface area contributed by atoms with Gasteiger partial charge in [-0.15, -0.1) is 0 Å². The van der Waals surface area contributed by atoms with E-state index in [0.717, 1.165) is 0 Å². The Balaban J connectivity index is 3.08. The fourth-order valence-corrected chi connectivity index (χ4v) is 8.13. The summed E-state index contributed by atoms with van der Waals surface area (Å²) in [6.45, 7) is 21.1. The minimum atomic E-state index is -1.50. The summed E-state index contributed by atoms with van der Waals surface area (Å²) < 4.78 is 0. The van der Waals surface area contributed by atoms with Gasteiger partial charge < -0.3 is 4.98 Å². The van der Waals surface area contributed by atoms with Crippen LogP contribution in [0.1, 0.15) is 54.9 Å². The Kier molecular flexibility index (Phi) is 4.34. The molecular formula is C16H31NSi. The maximum Gasteiger partial charge on any atom is 0.131 e. The first kappa shape index (κ1) is 15.7. The second kappa shape index (κ2) is 4.97. The number of hydrogen-bond donors (Lipinski definition) is 1. The van der Waals surface area contributed by atoms with Crippen LogP contribution in [0.3, 0.4) is 0 Å². The van der Waals surface area contributed by atoms with Crippen molar-refractivity contribution in [3.63, 3.8) is 0 Å². The van der Waals surface area contributed by atoms with Crippen molar-refractivity contribution in [3.8, 4) is 0 Å². The van der Waals surface area contributed by atoms with Crippen molar-refractivity contribution in [2.45, 2.75) is 79.1 Å². The van der Waals surface area contributed by atoms with Crippen molar-refractivity contribution in [1.82, 2.24) is 4.98 Å². The molecular weight excluding hydrogens is 234 g/mol. The third kappa shape index (κ3) is 2.80. The van der Waals surface area contributed by atoms with Crippen LogP contribution in [-0.2, 0) is 0 Å². The first-order valence-corrected chi connectivity index (χ1v) is 10.3. The number of hydrogen-bond acceptors (Lipinski definition) is 1. The van der Waals surface area contributed by atoms with Crippen molar-refractivity contribution in [1.29, 1.82) is 0 Å². The van der Waals surface area contributed by atoms with E-state index in [2.05, 4.69) is 66.5 Å². The summed E-state index contributed by atoms with van der Waals surface area (Å²) in [4.78, 5) is 4.00. The lowest BCUT2D eigenvalue weighted by Gasteiger charge is -2.40. The van der Waals surface area contributed by atoms with Crippen molar-refractivity contribution >= 4 is 8.24 Å². The SMILES string of the molecule is CCC(C)(C)N[Si](C)(C)C1C(C)=C(C)C(C)=C1C. The van der Waals surface area contributed by atoms with Crippen molar-refractivity contribution in [2.24, 2.45) is 0 Å². The third-order valence-corrected chi connectivity index (χ3v) is 8.51. The zero-order chi connectivity index (χ0) is 14.3. The van der Waals surface area contributed by atoms with Gasteiger partial charge in [-0.2, -0.15) is 0 Å². The normalized spacial score (nSPS) is 19.2. The Hall–Kier alpha value is -0.343. The fourth-order valence-electron chi connectivity index (χ4n) is 3.46. The molecule has 0 saturated heterocycles. The Morgan fingerprint density at radius 2 is 1.39 bits per heavy atom. The summed E-state index contributed by atoms with van der Waals surface area (Å²) in [7, 11) is -1.50. The van der Waals surface area contributed by atoms with Crippen LogP contribution in [0.4, 0.5) is 0 Å². The lowest BCUT2D eigenvalue weighted by atomic mass is 10.0. The highest BCUT2D eigenvalue weighted by atomic mass is 28.3. The lowest BCUT2D eigenvalue weighted by molar-refractivity contribution is 0.444. The Labute approximate surface area is 115 Å². The van der Waals surface area contributed by atoms with Crippen LogP contribution in [-0.4, -0.2) is 13.8 Å². The van der Waals surface area contributed by atoms with Gasteiger partial charge in [0.05, 0.1) is 0 Å². The minimum absolute atomic E-state index is 0.251. The van der Waals surface area contributed by atoms with Gasteiger partial charge in [0.1, 0.15) is 8.24 Å². The molecule has 18 heavy (non-hydrogen) atoms. The van der Waals surface area contributed by atoms with Crippen molar-refractivity contribution in [2.75, 3.05) is 0 Å². The molecule has 0 aromatic carbocycles. The molecule has 0 unspecified atom stereocenters. The zero-order valence-corrected chi connectivity index (χ0v) is 14.8. The molecule has 0 heterocycles. The first-order chi connectivity index (χ1) is 8.03. The molecule has 1 aliphatic rings. The molecule has 0 spiro atoms.